The number of nitrogens with one attached hydrogen (secondary N) is 1. The first-order valence-corrected chi connectivity index (χ1v) is 6.39. The van der Waals surface area contributed by atoms with E-state index in [1.807, 2.05) is 24.1 Å². The summed E-state index contributed by atoms with van der Waals surface area (Å²) >= 11 is 0. The van der Waals surface area contributed by atoms with Crippen molar-refractivity contribution in [1.29, 1.82) is 0 Å². The highest BCUT2D eigenvalue weighted by molar-refractivity contribution is 5.78. The Morgan fingerprint density at radius 3 is 2.33 bits per heavy atom. The van der Waals surface area contributed by atoms with Crippen LogP contribution in [0.15, 0.2) is 0 Å². The highest BCUT2D eigenvalue weighted by atomic mass is 19.4. The summed E-state index contributed by atoms with van der Waals surface area (Å²) in [5.41, 5.74) is 0. The number of nitrogens with zero attached hydrogens (tertiary/aromatic N) is 1. The Morgan fingerprint density at radius 1 is 1.33 bits per heavy atom. The van der Waals surface area contributed by atoms with Gasteiger partial charge in [-0.15, -0.1) is 0 Å². The molecule has 1 aliphatic carbocycles. The van der Waals surface area contributed by atoms with Gasteiger partial charge >= 0.3 is 6.18 Å². The summed E-state index contributed by atoms with van der Waals surface area (Å²) in [5, 5.41) is 1.93. The van der Waals surface area contributed by atoms with Crippen LogP contribution in [0.25, 0.3) is 0 Å². The summed E-state index contributed by atoms with van der Waals surface area (Å²) < 4.78 is 36.0. The van der Waals surface area contributed by atoms with Crippen molar-refractivity contribution in [2.45, 2.75) is 57.8 Å². The zero-order valence-corrected chi connectivity index (χ0v) is 10.9. The number of carbonyl (C=O) groups excluding carboxylic acids is 1. The SMILES string of the molecule is CC(C)N(CC(=O)NCC(F)(F)F)C1CCCC1. The largest absolute Gasteiger partial charge is 0.405 e. The zero-order chi connectivity index (χ0) is 13.8. The predicted octanol–water partition coefficient (Wildman–Crippen LogP) is 2.32. The third-order valence-electron chi connectivity index (χ3n) is 3.27. The lowest BCUT2D eigenvalue weighted by atomic mass is 10.1. The molecule has 0 aromatic heterocycles. The van der Waals surface area contributed by atoms with E-state index in [-0.39, 0.29) is 12.6 Å². The first-order chi connectivity index (χ1) is 8.29. The van der Waals surface area contributed by atoms with E-state index in [2.05, 4.69) is 0 Å². The van der Waals surface area contributed by atoms with Crippen molar-refractivity contribution in [3.8, 4) is 0 Å². The molecule has 0 unspecified atom stereocenters. The van der Waals surface area contributed by atoms with Gasteiger partial charge in [0, 0.05) is 12.1 Å². The van der Waals surface area contributed by atoms with Gasteiger partial charge in [-0.3, -0.25) is 9.69 Å². The van der Waals surface area contributed by atoms with Gasteiger partial charge in [-0.25, -0.2) is 0 Å². The van der Waals surface area contributed by atoms with Crippen molar-refractivity contribution in [2.24, 2.45) is 0 Å². The third kappa shape index (κ3) is 5.25. The third-order valence-corrected chi connectivity index (χ3v) is 3.27. The fourth-order valence-corrected chi connectivity index (χ4v) is 2.39. The van der Waals surface area contributed by atoms with Crippen LogP contribution in [-0.2, 0) is 4.79 Å². The topological polar surface area (TPSA) is 32.3 Å². The lowest BCUT2D eigenvalue weighted by Crippen LogP contribution is -2.47. The average molecular weight is 266 g/mol. The first-order valence-electron chi connectivity index (χ1n) is 6.39. The molecule has 6 heteroatoms. The van der Waals surface area contributed by atoms with Crippen LogP contribution < -0.4 is 5.32 Å². The minimum atomic E-state index is -4.34. The number of rotatable bonds is 5. The van der Waals surface area contributed by atoms with Crippen LogP contribution >= 0.6 is 0 Å². The molecule has 0 bridgehead atoms. The summed E-state index contributed by atoms with van der Waals surface area (Å²) in [6.07, 6.45) is -0.00272. The Bertz CT molecular complexity index is 273. The molecule has 0 aromatic carbocycles. The van der Waals surface area contributed by atoms with Crippen LogP contribution in [-0.4, -0.2) is 42.2 Å². The molecule has 3 nitrogen and oxygen atoms in total. The van der Waals surface area contributed by atoms with E-state index in [0.717, 1.165) is 25.7 Å². The molecule has 0 heterocycles. The van der Waals surface area contributed by atoms with Crippen LogP contribution in [0.4, 0.5) is 13.2 Å². The van der Waals surface area contributed by atoms with Crippen molar-refractivity contribution in [3.05, 3.63) is 0 Å². The smallest absolute Gasteiger partial charge is 0.346 e. The van der Waals surface area contributed by atoms with Crippen molar-refractivity contribution in [2.75, 3.05) is 13.1 Å². The van der Waals surface area contributed by atoms with Gasteiger partial charge in [-0.05, 0) is 26.7 Å². The van der Waals surface area contributed by atoms with E-state index < -0.39 is 18.6 Å². The van der Waals surface area contributed by atoms with Crippen molar-refractivity contribution >= 4 is 5.91 Å². The predicted molar refractivity (Wildman–Crippen MR) is 63.2 cm³/mol. The number of hydrogen-bond acceptors (Lipinski definition) is 2. The first kappa shape index (κ1) is 15.3. The lowest BCUT2D eigenvalue weighted by molar-refractivity contribution is -0.139. The molecule has 106 valence electrons. The second kappa shape index (κ2) is 6.41. The summed E-state index contributed by atoms with van der Waals surface area (Å²) in [6.45, 7) is 2.74. The van der Waals surface area contributed by atoms with E-state index in [1.165, 1.54) is 0 Å². The zero-order valence-electron chi connectivity index (χ0n) is 10.9. The highest BCUT2D eigenvalue weighted by Gasteiger charge is 2.30. The number of alkyl halides is 3. The number of hydrogen-bond donors (Lipinski definition) is 1. The van der Waals surface area contributed by atoms with E-state index >= 15 is 0 Å². The molecule has 1 rings (SSSR count). The molecule has 1 saturated carbocycles. The molecule has 0 radical (unpaired) electrons. The Labute approximate surface area is 106 Å². The van der Waals surface area contributed by atoms with Gasteiger partial charge in [0.15, 0.2) is 0 Å². The average Bonchev–Trinajstić information content (AvgIpc) is 2.74. The molecule has 0 atom stereocenters. The molecule has 18 heavy (non-hydrogen) atoms. The second-order valence-electron chi connectivity index (χ2n) is 5.10. The van der Waals surface area contributed by atoms with Gasteiger partial charge in [-0.1, -0.05) is 12.8 Å². The van der Waals surface area contributed by atoms with Crippen molar-refractivity contribution < 1.29 is 18.0 Å². The summed E-state index contributed by atoms with van der Waals surface area (Å²) in [4.78, 5) is 13.5. The Kier molecular flexibility index (Phi) is 5.44. The quantitative estimate of drug-likeness (QED) is 0.828. The van der Waals surface area contributed by atoms with Gasteiger partial charge in [0.2, 0.25) is 5.91 Å². The van der Waals surface area contributed by atoms with Crippen LogP contribution in [0.3, 0.4) is 0 Å². The summed E-state index contributed by atoms with van der Waals surface area (Å²) in [7, 11) is 0. The molecule has 0 saturated heterocycles. The molecule has 0 aliphatic heterocycles. The standard InChI is InChI=1S/C12H21F3N2O/c1-9(2)17(10-5-3-4-6-10)7-11(18)16-8-12(13,14)15/h9-10H,3-8H2,1-2H3,(H,16,18). The van der Waals surface area contributed by atoms with Gasteiger partial charge in [0.05, 0.1) is 6.54 Å². The molecule has 1 fully saturated rings. The van der Waals surface area contributed by atoms with Gasteiger partial charge in [-0.2, -0.15) is 13.2 Å². The maximum Gasteiger partial charge on any atom is 0.405 e. The molecular weight excluding hydrogens is 245 g/mol. The molecule has 1 amide bonds. The van der Waals surface area contributed by atoms with Crippen molar-refractivity contribution in [3.63, 3.8) is 0 Å². The second-order valence-corrected chi connectivity index (χ2v) is 5.10. The maximum absolute atomic E-state index is 12.0. The fraction of sp³-hybridized carbons (Fsp3) is 0.917. The van der Waals surface area contributed by atoms with E-state index in [9.17, 15) is 18.0 Å². The summed E-state index contributed by atoms with van der Waals surface area (Å²) in [6, 6.07) is 0.506. The molecule has 0 spiro atoms. The van der Waals surface area contributed by atoms with E-state index in [0.29, 0.717) is 6.04 Å². The normalized spacial score (nSPS) is 17.7. The van der Waals surface area contributed by atoms with Crippen LogP contribution in [0.5, 0.6) is 0 Å². The molecule has 1 aliphatic rings. The maximum atomic E-state index is 12.0. The molecule has 1 N–H and O–H groups in total. The minimum absolute atomic E-state index is 0.0540. The van der Waals surface area contributed by atoms with Crippen molar-refractivity contribution in [1.82, 2.24) is 10.2 Å². The fourth-order valence-electron chi connectivity index (χ4n) is 2.39. The summed E-state index contributed by atoms with van der Waals surface area (Å²) in [5.74, 6) is -0.548. The molecule has 0 aromatic rings. The lowest BCUT2D eigenvalue weighted by Gasteiger charge is -2.31. The highest BCUT2D eigenvalue weighted by Crippen LogP contribution is 2.24. The van der Waals surface area contributed by atoms with E-state index in [1.54, 1.807) is 0 Å². The Balaban J connectivity index is 2.43. The monoisotopic (exact) mass is 266 g/mol. The minimum Gasteiger partial charge on any atom is -0.346 e. The number of amides is 1. The van der Waals surface area contributed by atoms with Crippen LogP contribution in [0.1, 0.15) is 39.5 Å². The van der Waals surface area contributed by atoms with E-state index in [4.69, 9.17) is 0 Å². The van der Waals surface area contributed by atoms with Crippen LogP contribution in [0, 0.1) is 0 Å². The van der Waals surface area contributed by atoms with Gasteiger partial charge in [0.1, 0.15) is 6.54 Å². The molecular formula is C12H21F3N2O. The van der Waals surface area contributed by atoms with Crippen LogP contribution in [0.2, 0.25) is 0 Å². The number of carbonyl (C=O) groups is 1. The van der Waals surface area contributed by atoms with Gasteiger partial charge < -0.3 is 5.32 Å². The van der Waals surface area contributed by atoms with Gasteiger partial charge in [0.25, 0.3) is 0 Å². The number of halogens is 3. The Hall–Kier alpha value is -0.780. The Morgan fingerprint density at radius 2 is 1.89 bits per heavy atom.